The fourth-order valence-corrected chi connectivity index (χ4v) is 0. The standard InChI is InChI=1S/3BrH.Er.9H2O/h3*1H;;9*1H2/q;;;+3;;;;;;;;;/p-3. The predicted molar refractivity (Wildman–Crippen MR) is 32.5 cm³/mol. The van der Waals surface area contributed by atoms with Gasteiger partial charge in [-0.1, -0.05) is 0 Å². The first-order valence-electron chi connectivity index (χ1n) is 0. The molecular weight excluding hydrogens is 551 g/mol. The first-order valence-corrected chi connectivity index (χ1v) is 0. The van der Waals surface area contributed by atoms with Crippen LogP contribution in [0.15, 0.2) is 0 Å². The van der Waals surface area contributed by atoms with E-state index < -0.39 is 0 Å². The van der Waals surface area contributed by atoms with E-state index >= 15 is 0 Å². The van der Waals surface area contributed by atoms with Crippen molar-refractivity contribution < 1.29 is 138 Å². The summed E-state index contributed by atoms with van der Waals surface area (Å²) in [4.78, 5) is 0. The second-order valence-corrected chi connectivity index (χ2v) is 0. The van der Waals surface area contributed by atoms with E-state index in [0.29, 0.717) is 0 Å². The average Bonchev–Trinajstić information content (AvgIpc) is 0. The molecule has 0 unspecified atom stereocenters. The molecule has 0 saturated carbocycles. The third-order valence-corrected chi connectivity index (χ3v) is 0. The molecule has 0 atom stereocenters. The summed E-state index contributed by atoms with van der Waals surface area (Å²) in [7, 11) is 0. The van der Waals surface area contributed by atoms with Gasteiger partial charge in [0.2, 0.25) is 0 Å². The molecule has 0 aromatic carbocycles. The molecule has 0 bridgehead atoms. The summed E-state index contributed by atoms with van der Waals surface area (Å²) in [5.41, 5.74) is 0. The molecule has 0 amide bonds. The quantitative estimate of drug-likeness (QED) is 0.263. The molecule has 0 fully saturated rings. The third-order valence-electron chi connectivity index (χ3n) is 0. The van der Waals surface area contributed by atoms with E-state index in [1.165, 1.54) is 0 Å². The molecule has 0 aliphatic heterocycles. The van der Waals surface area contributed by atoms with Gasteiger partial charge >= 0.3 is 37.3 Å². The third kappa shape index (κ3) is 402. The van der Waals surface area contributed by atoms with Crippen molar-refractivity contribution in [2.45, 2.75) is 0 Å². The summed E-state index contributed by atoms with van der Waals surface area (Å²) >= 11 is 0. The zero-order chi connectivity index (χ0) is 0. The largest absolute Gasteiger partial charge is 3.00 e. The van der Waals surface area contributed by atoms with E-state index in [0.717, 1.165) is 0 Å². The molecule has 9 nitrogen and oxygen atoms in total. The van der Waals surface area contributed by atoms with E-state index in [4.69, 9.17) is 0 Å². The smallest absolute Gasteiger partial charge is 1.00 e. The van der Waals surface area contributed by atoms with Gasteiger partial charge in [0.05, 0.1) is 0 Å². The maximum absolute atomic E-state index is 0. The Bertz CT molecular complexity index is 14.8. The minimum Gasteiger partial charge on any atom is -1.00 e. The van der Waals surface area contributed by atoms with Crippen LogP contribution in [0.1, 0.15) is 0 Å². The Kier molecular flexibility index (Phi) is 21000. The molecule has 0 heterocycles. The Labute approximate surface area is 136 Å². The van der Waals surface area contributed by atoms with E-state index in [1.807, 2.05) is 0 Å². The number of hydrogen-bond donors (Lipinski definition) is 0. The molecule has 105 valence electrons. The van der Waals surface area contributed by atoms with Gasteiger partial charge in [0.15, 0.2) is 0 Å². The Hall–Kier alpha value is 2.33. The topological polar surface area (TPSA) is 284 Å². The summed E-state index contributed by atoms with van der Waals surface area (Å²) in [5.74, 6) is 0. The van der Waals surface area contributed by atoms with Crippen molar-refractivity contribution >= 4 is 0 Å². The second kappa shape index (κ2) is 470. The molecule has 13 heavy (non-hydrogen) atoms. The zero-order valence-electron chi connectivity index (χ0n) is 5.92. The Morgan fingerprint density at radius 2 is 0.231 bits per heavy atom. The normalized spacial score (nSPS) is 0. The molecule has 13 heteroatoms. The molecule has 0 spiro atoms. The fourth-order valence-electron chi connectivity index (χ4n) is 0. The molecule has 0 rings (SSSR count). The SMILES string of the molecule is O.O.O.O.O.O.O.O.O.[Br-].[Br-].[Br-].[Er+3]. The van der Waals surface area contributed by atoms with Gasteiger partial charge < -0.3 is 100 Å². The van der Waals surface area contributed by atoms with Crippen molar-refractivity contribution in [3.05, 3.63) is 0 Å². The maximum Gasteiger partial charge on any atom is 3.00 e. The van der Waals surface area contributed by atoms with Crippen molar-refractivity contribution in [2.75, 3.05) is 0 Å². The van der Waals surface area contributed by atoms with Crippen LogP contribution < -0.4 is 50.9 Å². The first kappa shape index (κ1) is 581. The van der Waals surface area contributed by atoms with E-state index in [1.54, 1.807) is 0 Å². The van der Waals surface area contributed by atoms with Crippen LogP contribution in [-0.4, -0.2) is 49.3 Å². The van der Waals surface area contributed by atoms with Gasteiger partial charge in [0.25, 0.3) is 0 Å². The molecule has 0 aliphatic rings. The molecule has 0 aromatic heterocycles. The summed E-state index contributed by atoms with van der Waals surface area (Å²) in [6.45, 7) is 0. The van der Waals surface area contributed by atoms with E-state index in [2.05, 4.69) is 0 Å². The first-order chi connectivity index (χ1) is 0. The minimum atomic E-state index is 0. The molecule has 0 aliphatic carbocycles. The van der Waals surface area contributed by atoms with Crippen molar-refractivity contribution in [2.24, 2.45) is 0 Å². The Morgan fingerprint density at radius 1 is 0.231 bits per heavy atom. The molecule has 1 radical (unpaired) electrons. The van der Waals surface area contributed by atoms with E-state index in [9.17, 15) is 0 Å². The van der Waals surface area contributed by atoms with Gasteiger partial charge in [0, 0.05) is 0 Å². The van der Waals surface area contributed by atoms with Gasteiger partial charge in [-0.15, -0.1) is 0 Å². The van der Waals surface area contributed by atoms with Gasteiger partial charge in [0.1, 0.15) is 0 Å². The Morgan fingerprint density at radius 3 is 0.231 bits per heavy atom. The fraction of sp³-hybridized carbons (Fsp3) is 0. The Balaban J connectivity index is 0. The van der Waals surface area contributed by atoms with Crippen LogP contribution in [-0.2, 0) is 0 Å². The number of halogens is 3. The van der Waals surface area contributed by atoms with Crippen LogP contribution in [0.25, 0.3) is 0 Å². The molecule has 0 saturated heterocycles. The average molecular weight is 569 g/mol. The van der Waals surface area contributed by atoms with Crippen molar-refractivity contribution in [1.29, 1.82) is 0 Å². The van der Waals surface area contributed by atoms with Gasteiger partial charge in [-0.05, 0) is 0 Å². The maximum atomic E-state index is 0. The van der Waals surface area contributed by atoms with Crippen LogP contribution in [0.2, 0.25) is 0 Å². The summed E-state index contributed by atoms with van der Waals surface area (Å²) in [5, 5.41) is 0. The monoisotopic (exact) mass is 565 g/mol. The van der Waals surface area contributed by atoms with Gasteiger partial charge in [-0.2, -0.15) is 0 Å². The predicted octanol–water partition coefficient (Wildman–Crippen LogP) is -16.4. The van der Waals surface area contributed by atoms with Crippen molar-refractivity contribution in [3.63, 3.8) is 0 Å². The zero-order valence-corrected chi connectivity index (χ0v) is 12.5. The van der Waals surface area contributed by atoms with Crippen LogP contribution in [0, 0.1) is 37.3 Å². The van der Waals surface area contributed by atoms with Crippen LogP contribution in [0.5, 0.6) is 0 Å². The van der Waals surface area contributed by atoms with Crippen molar-refractivity contribution in [3.8, 4) is 0 Å². The van der Waals surface area contributed by atoms with Crippen LogP contribution >= 0.6 is 0 Å². The van der Waals surface area contributed by atoms with Crippen molar-refractivity contribution in [1.82, 2.24) is 0 Å². The van der Waals surface area contributed by atoms with E-state index in [-0.39, 0.29) is 138 Å². The number of rotatable bonds is 0. The van der Waals surface area contributed by atoms with Gasteiger partial charge in [-0.25, -0.2) is 0 Å². The molecule has 18 N–H and O–H groups in total. The summed E-state index contributed by atoms with van der Waals surface area (Å²) in [6.07, 6.45) is 0. The summed E-state index contributed by atoms with van der Waals surface area (Å²) < 4.78 is 0. The molecule has 0 aromatic rings. The van der Waals surface area contributed by atoms with Crippen LogP contribution in [0.3, 0.4) is 0 Å². The molecular formula is H18Br3ErO9. The number of hydrogen-bond acceptors (Lipinski definition) is 0. The summed E-state index contributed by atoms with van der Waals surface area (Å²) in [6, 6.07) is 0. The van der Waals surface area contributed by atoms with Gasteiger partial charge in [-0.3, -0.25) is 0 Å². The second-order valence-electron chi connectivity index (χ2n) is 0. The minimum absolute atomic E-state index is 0. The van der Waals surface area contributed by atoms with Crippen LogP contribution in [0.4, 0.5) is 0 Å².